The lowest BCUT2D eigenvalue weighted by atomic mass is 10.2. The minimum atomic E-state index is -3.74. The monoisotopic (exact) mass is 329 g/mol. The van der Waals surface area contributed by atoms with Crippen LogP contribution in [0.1, 0.15) is 19.4 Å². The summed E-state index contributed by atoms with van der Waals surface area (Å²) in [6.07, 6.45) is 0. The molecule has 1 rings (SSSR count). The van der Waals surface area contributed by atoms with Crippen molar-refractivity contribution in [2.24, 2.45) is 0 Å². The molecule has 0 spiro atoms. The molecule has 0 aliphatic heterocycles. The first-order valence-electron chi connectivity index (χ1n) is 6.60. The second kappa shape index (κ2) is 7.23. The summed E-state index contributed by atoms with van der Waals surface area (Å²) < 4.78 is 27.0. The highest BCUT2D eigenvalue weighted by atomic mass is 35.5. The summed E-state index contributed by atoms with van der Waals surface area (Å²) in [5, 5.41) is 9.06. The van der Waals surface area contributed by atoms with E-state index in [4.69, 9.17) is 16.9 Å². The summed E-state index contributed by atoms with van der Waals surface area (Å²) in [4.78, 5) is 1.91. The Morgan fingerprint density at radius 1 is 1.38 bits per heavy atom. The quantitative estimate of drug-likeness (QED) is 0.802. The number of likely N-dealkylation sites (N-methyl/N-ethyl adjacent to an activating group) is 2. The molecule has 5 nitrogen and oxygen atoms in total. The summed E-state index contributed by atoms with van der Waals surface area (Å²) in [5.41, 5.74) is 0.272. The van der Waals surface area contributed by atoms with E-state index in [0.717, 1.165) is 0 Å². The molecule has 0 bridgehead atoms. The SMILES string of the molecule is CCN(C(C)CN(C)C)S(=O)(=O)c1cc(C#N)ccc1Cl. The maximum atomic E-state index is 12.8. The number of hydrogen-bond acceptors (Lipinski definition) is 4. The molecular formula is C14H20ClN3O2S. The van der Waals surface area contributed by atoms with Gasteiger partial charge in [-0.15, -0.1) is 0 Å². The van der Waals surface area contributed by atoms with E-state index in [2.05, 4.69) is 0 Å². The maximum Gasteiger partial charge on any atom is 0.244 e. The lowest BCUT2D eigenvalue weighted by Crippen LogP contribution is -2.43. The minimum Gasteiger partial charge on any atom is -0.308 e. The normalized spacial score (nSPS) is 13.4. The molecule has 7 heteroatoms. The maximum absolute atomic E-state index is 12.8. The lowest BCUT2D eigenvalue weighted by Gasteiger charge is -2.29. The number of hydrogen-bond donors (Lipinski definition) is 0. The Hall–Kier alpha value is -1.13. The molecule has 0 N–H and O–H groups in total. The van der Waals surface area contributed by atoms with E-state index in [0.29, 0.717) is 13.1 Å². The summed E-state index contributed by atoms with van der Waals surface area (Å²) >= 11 is 6.02. The van der Waals surface area contributed by atoms with Crippen LogP contribution in [0.15, 0.2) is 23.1 Å². The van der Waals surface area contributed by atoms with Gasteiger partial charge in [-0.1, -0.05) is 18.5 Å². The van der Waals surface area contributed by atoms with E-state index in [1.807, 2.05) is 32.0 Å². The second-order valence-electron chi connectivity index (χ2n) is 5.08. The molecule has 1 aromatic carbocycles. The first-order chi connectivity index (χ1) is 9.73. The van der Waals surface area contributed by atoms with E-state index in [9.17, 15) is 8.42 Å². The summed E-state index contributed by atoms with van der Waals surface area (Å²) in [6.45, 7) is 4.57. The van der Waals surface area contributed by atoms with E-state index < -0.39 is 10.0 Å². The predicted molar refractivity (Wildman–Crippen MR) is 83.7 cm³/mol. The molecule has 1 atom stereocenters. The molecule has 0 heterocycles. The van der Waals surface area contributed by atoms with Gasteiger partial charge < -0.3 is 4.90 Å². The average Bonchev–Trinajstić information content (AvgIpc) is 2.38. The van der Waals surface area contributed by atoms with E-state index >= 15 is 0 Å². The van der Waals surface area contributed by atoms with Crippen LogP contribution in [-0.4, -0.2) is 50.8 Å². The van der Waals surface area contributed by atoms with Crippen molar-refractivity contribution < 1.29 is 8.42 Å². The average molecular weight is 330 g/mol. The molecule has 0 fully saturated rings. The molecule has 0 amide bonds. The van der Waals surface area contributed by atoms with Gasteiger partial charge in [0.05, 0.1) is 16.7 Å². The fraction of sp³-hybridized carbons (Fsp3) is 0.500. The van der Waals surface area contributed by atoms with Gasteiger partial charge in [-0.3, -0.25) is 0 Å². The third kappa shape index (κ3) is 4.17. The topological polar surface area (TPSA) is 64.4 Å². The first kappa shape index (κ1) is 17.9. The van der Waals surface area contributed by atoms with Crippen LogP contribution in [0.4, 0.5) is 0 Å². The molecule has 0 saturated heterocycles. The van der Waals surface area contributed by atoms with Gasteiger partial charge in [-0.2, -0.15) is 9.57 Å². The van der Waals surface area contributed by atoms with Crippen LogP contribution in [-0.2, 0) is 10.0 Å². The largest absolute Gasteiger partial charge is 0.308 e. The first-order valence-corrected chi connectivity index (χ1v) is 8.42. The van der Waals surface area contributed by atoms with E-state index in [1.165, 1.54) is 22.5 Å². The van der Waals surface area contributed by atoms with Crippen molar-refractivity contribution in [2.75, 3.05) is 27.2 Å². The standard InChI is InChI=1S/C14H20ClN3O2S/c1-5-18(11(2)10-17(3)4)21(19,20)14-8-12(9-16)6-7-13(14)15/h6-8,11H,5,10H2,1-4H3. The highest BCUT2D eigenvalue weighted by Crippen LogP contribution is 2.27. The number of benzene rings is 1. The Labute approximate surface area is 131 Å². The fourth-order valence-electron chi connectivity index (χ4n) is 2.23. The van der Waals surface area contributed by atoms with Crippen molar-refractivity contribution in [1.29, 1.82) is 5.26 Å². The van der Waals surface area contributed by atoms with Gasteiger partial charge >= 0.3 is 0 Å². The minimum absolute atomic E-state index is 0.0179. The van der Waals surface area contributed by atoms with Crippen LogP contribution in [0, 0.1) is 11.3 Å². The summed E-state index contributed by atoms with van der Waals surface area (Å²) in [6, 6.07) is 6.00. The molecule has 0 aliphatic carbocycles. The van der Waals surface area contributed by atoms with E-state index in [-0.39, 0.29) is 21.5 Å². The van der Waals surface area contributed by atoms with Crippen molar-refractivity contribution in [3.05, 3.63) is 28.8 Å². The summed E-state index contributed by atoms with van der Waals surface area (Å²) in [5.74, 6) is 0. The Morgan fingerprint density at radius 2 is 2.00 bits per heavy atom. The van der Waals surface area contributed by atoms with Crippen LogP contribution in [0.5, 0.6) is 0 Å². The Bertz CT molecular complexity index is 638. The number of nitrogens with zero attached hydrogens (tertiary/aromatic N) is 3. The van der Waals surface area contributed by atoms with Crippen molar-refractivity contribution in [2.45, 2.75) is 24.8 Å². The second-order valence-corrected chi connectivity index (χ2v) is 7.34. The van der Waals surface area contributed by atoms with Gasteiger partial charge in [-0.25, -0.2) is 8.42 Å². The van der Waals surface area contributed by atoms with Gasteiger partial charge in [0.1, 0.15) is 4.90 Å². The van der Waals surface area contributed by atoms with Crippen LogP contribution in [0.3, 0.4) is 0 Å². The number of halogens is 1. The molecule has 1 unspecified atom stereocenters. The Morgan fingerprint density at radius 3 is 2.48 bits per heavy atom. The zero-order valence-electron chi connectivity index (χ0n) is 12.7. The van der Waals surface area contributed by atoms with Crippen LogP contribution >= 0.6 is 11.6 Å². The van der Waals surface area contributed by atoms with Crippen LogP contribution in [0.25, 0.3) is 0 Å². The number of nitriles is 1. The number of sulfonamides is 1. The molecule has 0 aromatic heterocycles. The number of rotatable bonds is 6. The highest BCUT2D eigenvalue weighted by Gasteiger charge is 2.30. The zero-order chi connectivity index (χ0) is 16.2. The van der Waals surface area contributed by atoms with Crippen molar-refractivity contribution in [3.8, 4) is 6.07 Å². The Kier molecular flexibility index (Phi) is 6.17. The molecule has 116 valence electrons. The van der Waals surface area contributed by atoms with Crippen LogP contribution in [0.2, 0.25) is 5.02 Å². The fourth-order valence-corrected chi connectivity index (χ4v) is 4.37. The molecule has 21 heavy (non-hydrogen) atoms. The van der Waals surface area contributed by atoms with Gasteiger partial charge in [-0.05, 0) is 39.2 Å². The third-order valence-electron chi connectivity index (χ3n) is 3.08. The van der Waals surface area contributed by atoms with Crippen molar-refractivity contribution in [3.63, 3.8) is 0 Å². The van der Waals surface area contributed by atoms with Gasteiger partial charge in [0.2, 0.25) is 10.0 Å². The van der Waals surface area contributed by atoms with Gasteiger partial charge in [0.25, 0.3) is 0 Å². The highest BCUT2D eigenvalue weighted by molar-refractivity contribution is 7.89. The lowest BCUT2D eigenvalue weighted by molar-refractivity contribution is 0.271. The van der Waals surface area contributed by atoms with E-state index in [1.54, 1.807) is 6.92 Å². The van der Waals surface area contributed by atoms with Crippen molar-refractivity contribution >= 4 is 21.6 Å². The molecule has 0 aliphatic rings. The van der Waals surface area contributed by atoms with Crippen LogP contribution < -0.4 is 0 Å². The van der Waals surface area contributed by atoms with Gasteiger partial charge in [0.15, 0.2) is 0 Å². The van der Waals surface area contributed by atoms with Gasteiger partial charge in [0, 0.05) is 19.1 Å². The molecule has 0 saturated carbocycles. The molecule has 0 radical (unpaired) electrons. The zero-order valence-corrected chi connectivity index (χ0v) is 14.2. The predicted octanol–water partition coefficient (Wildman–Crippen LogP) is 2.17. The molecular weight excluding hydrogens is 310 g/mol. The Balaban J connectivity index is 3.28. The summed E-state index contributed by atoms with van der Waals surface area (Å²) in [7, 11) is 0.0426. The third-order valence-corrected chi connectivity index (χ3v) is 5.65. The molecule has 1 aromatic rings. The smallest absolute Gasteiger partial charge is 0.244 e. The van der Waals surface area contributed by atoms with Crippen molar-refractivity contribution in [1.82, 2.24) is 9.21 Å².